The summed E-state index contributed by atoms with van der Waals surface area (Å²) < 4.78 is 39.3. The van der Waals surface area contributed by atoms with Gasteiger partial charge in [-0.25, -0.2) is 4.79 Å². The lowest BCUT2D eigenvalue weighted by atomic mass is 9.93. The predicted molar refractivity (Wildman–Crippen MR) is 91.9 cm³/mol. The molecule has 0 radical (unpaired) electrons. The number of hydrogen-bond acceptors (Lipinski definition) is 3. The number of halogens is 3. The normalized spacial score (nSPS) is 21.8. The van der Waals surface area contributed by atoms with E-state index in [9.17, 15) is 22.8 Å². The van der Waals surface area contributed by atoms with E-state index in [4.69, 9.17) is 5.11 Å². The number of carbonyl (C=O) groups excluding carboxylic acids is 1. The van der Waals surface area contributed by atoms with Crippen LogP contribution in [0.4, 0.5) is 18.0 Å². The number of carbonyl (C=O) groups is 2. The molecule has 2 heterocycles. The number of hydrogen-bond donors (Lipinski definition) is 2. The van der Waals surface area contributed by atoms with Gasteiger partial charge < -0.3 is 15.3 Å². The molecule has 0 aromatic carbocycles. The van der Waals surface area contributed by atoms with Crippen molar-refractivity contribution in [3.8, 4) is 0 Å². The summed E-state index contributed by atoms with van der Waals surface area (Å²) in [5, 5.41) is 13.8. The number of rotatable bonds is 6. The van der Waals surface area contributed by atoms with Crippen LogP contribution in [0.1, 0.15) is 37.6 Å². The minimum atomic E-state index is -4.65. The first-order valence-corrected chi connectivity index (χ1v) is 9.45. The highest BCUT2D eigenvalue weighted by molar-refractivity contribution is 7.10. The van der Waals surface area contributed by atoms with Gasteiger partial charge in [-0.05, 0) is 17.4 Å². The van der Waals surface area contributed by atoms with Gasteiger partial charge in [0.25, 0.3) is 0 Å². The van der Waals surface area contributed by atoms with Crippen LogP contribution in [0.2, 0.25) is 0 Å². The van der Waals surface area contributed by atoms with Crippen LogP contribution in [-0.2, 0) is 4.79 Å². The Balaban J connectivity index is 2.15. The van der Waals surface area contributed by atoms with E-state index in [0.717, 1.165) is 22.6 Å². The van der Waals surface area contributed by atoms with Gasteiger partial charge in [-0.2, -0.15) is 13.2 Å². The lowest BCUT2D eigenvalue weighted by Crippen LogP contribution is -2.43. The third kappa shape index (κ3) is 4.49. The van der Waals surface area contributed by atoms with Crippen molar-refractivity contribution < 1.29 is 27.9 Å². The van der Waals surface area contributed by atoms with E-state index in [-0.39, 0.29) is 12.0 Å². The van der Waals surface area contributed by atoms with E-state index in [1.54, 1.807) is 0 Å². The molecule has 1 fully saturated rings. The number of aliphatic carboxylic acids is 1. The quantitative estimate of drug-likeness (QED) is 0.765. The maximum atomic E-state index is 13.1. The zero-order chi connectivity index (χ0) is 19.5. The molecule has 0 aliphatic carbocycles. The molecule has 0 spiro atoms. The van der Waals surface area contributed by atoms with Gasteiger partial charge in [0.2, 0.25) is 0 Å². The van der Waals surface area contributed by atoms with Crippen LogP contribution in [0, 0.1) is 17.8 Å². The molecule has 2 amide bonds. The fourth-order valence-electron chi connectivity index (χ4n) is 3.43. The molecule has 1 saturated heterocycles. The summed E-state index contributed by atoms with van der Waals surface area (Å²) in [4.78, 5) is 25.7. The zero-order valence-electron chi connectivity index (χ0n) is 14.6. The minimum Gasteiger partial charge on any atom is -0.481 e. The SMILES string of the molecule is CCC(CC)C(NC(=O)N1C[C@@H](C(F)(F)F)[C@H](C(=O)O)C1)c1cccs1. The van der Waals surface area contributed by atoms with Crippen LogP contribution in [0.3, 0.4) is 0 Å². The van der Waals surface area contributed by atoms with Crippen LogP contribution in [0.5, 0.6) is 0 Å². The smallest absolute Gasteiger partial charge is 0.394 e. The van der Waals surface area contributed by atoms with Crippen LogP contribution in [0.15, 0.2) is 17.5 Å². The molecule has 1 aromatic rings. The largest absolute Gasteiger partial charge is 0.481 e. The van der Waals surface area contributed by atoms with Crippen molar-refractivity contribution in [3.63, 3.8) is 0 Å². The van der Waals surface area contributed by atoms with E-state index in [1.165, 1.54) is 11.3 Å². The molecule has 9 heteroatoms. The summed E-state index contributed by atoms with van der Waals surface area (Å²) >= 11 is 1.48. The van der Waals surface area contributed by atoms with E-state index in [1.807, 2.05) is 31.4 Å². The summed E-state index contributed by atoms with van der Waals surface area (Å²) in [6.45, 7) is 2.92. The number of thiophene rings is 1. The molecule has 1 aliphatic rings. The number of nitrogens with one attached hydrogen (secondary N) is 1. The molecule has 1 aromatic heterocycles. The topological polar surface area (TPSA) is 69.6 Å². The molecule has 3 atom stereocenters. The Morgan fingerprint density at radius 1 is 1.35 bits per heavy atom. The Hall–Kier alpha value is -1.77. The van der Waals surface area contributed by atoms with Gasteiger partial charge in [-0.3, -0.25) is 4.79 Å². The fraction of sp³-hybridized carbons (Fsp3) is 0.647. The van der Waals surface area contributed by atoms with E-state index in [2.05, 4.69) is 5.32 Å². The first kappa shape index (κ1) is 20.5. The van der Waals surface area contributed by atoms with Gasteiger partial charge in [0.15, 0.2) is 0 Å². The lowest BCUT2D eigenvalue weighted by molar-refractivity contribution is -0.187. The maximum Gasteiger partial charge on any atom is 0.394 e. The highest BCUT2D eigenvalue weighted by atomic mass is 32.1. The fourth-order valence-corrected chi connectivity index (χ4v) is 4.29. The van der Waals surface area contributed by atoms with Crippen LogP contribution >= 0.6 is 11.3 Å². The Morgan fingerprint density at radius 3 is 2.42 bits per heavy atom. The van der Waals surface area contributed by atoms with Crippen molar-refractivity contribution >= 4 is 23.3 Å². The van der Waals surface area contributed by atoms with Crippen molar-refractivity contribution in [2.45, 2.75) is 38.9 Å². The molecule has 146 valence electrons. The van der Waals surface area contributed by atoms with Gasteiger partial charge >= 0.3 is 18.2 Å². The average Bonchev–Trinajstić information content (AvgIpc) is 3.24. The second kappa shape index (κ2) is 8.28. The van der Waals surface area contributed by atoms with Crippen molar-refractivity contribution in [1.82, 2.24) is 10.2 Å². The summed E-state index contributed by atoms with van der Waals surface area (Å²) in [5.74, 6) is -5.06. The maximum absolute atomic E-state index is 13.1. The number of likely N-dealkylation sites (tertiary alicyclic amines) is 1. The van der Waals surface area contributed by atoms with Gasteiger partial charge in [0, 0.05) is 18.0 Å². The summed E-state index contributed by atoms with van der Waals surface area (Å²) in [6, 6.07) is 2.80. The van der Waals surface area contributed by atoms with Crippen molar-refractivity contribution in [2.24, 2.45) is 17.8 Å². The monoisotopic (exact) mass is 392 g/mol. The number of nitrogens with zero attached hydrogens (tertiary/aromatic N) is 1. The molecule has 2 rings (SSSR count). The summed E-state index contributed by atoms with van der Waals surface area (Å²) in [7, 11) is 0. The highest BCUT2D eigenvalue weighted by Crippen LogP contribution is 2.38. The first-order valence-electron chi connectivity index (χ1n) is 8.57. The van der Waals surface area contributed by atoms with Gasteiger partial charge in [-0.15, -0.1) is 11.3 Å². The van der Waals surface area contributed by atoms with E-state index >= 15 is 0 Å². The number of amides is 2. The Bertz CT molecular complexity index is 617. The molecule has 2 N–H and O–H groups in total. The standard InChI is InChI=1S/C17H23F3N2O3S/c1-3-10(4-2)14(13-6-5-7-26-13)21-16(25)22-8-11(15(23)24)12(9-22)17(18,19)20/h5-7,10-12,14H,3-4,8-9H2,1-2H3,(H,21,25)(H,23,24)/t11-,12-,14?/m1/s1. The van der Waals surface area contributed by atoms with Crippen LogP contribution in [0.25, 0.3) is 0 Å². The van der Waals surface area contributed by atoms with Gasteiger partial charge in [-0.1, -0.05) is 32.8 Å². The lowest BCUT2D eigenvalue weighted by Gasteiger charge is -2.28. The number of alkyl halides is 3. The molecule has 1 aliphatic heterocycles. The third-order valence-electron chi connectivity index (χ3n) is 4.99. The summed E-state index contributed by atoms with van der Waals surface area (Å²) in [5.41, 5.74) is 0. The molecule has 1 unspecified atom stereocenters. The molecule has 5 nitrogen and oxygen atoms in total. The van der Waals surface area contributed by atoms with Crippen molar-refractivity contribution in [3.05, 3.63) is 22.4 Å². The Kier molecular flexibility index (Phi) is 6.54. The molecule has 0 bridgehead atoms. The molecular formula is C17H23F3N2O3S. The second-order valence-corrected chi connectivity index (χ2v) is 7.50. The zero-order valence-corrected chi connectivity index (χ0v) is 15.4. The first-order chi connectivity index (χ1) is 12.2. The Morgan fingerprint density at radius 2 is 2.00 bits per heavy atom. The predicted octanol–water partition coefficient (Wildman–Crippen LogP) is 4.13. The van der Waals surface area contributed by atoms with Crippen LogP contribution in [-0.4, -0.2) is 41.3 Å². The van der Waals surface area contributed by atoms with Gasteiger partial charge in [0.1, 0.15) is 0 Å². The Labute approximate surface area is 154 Å². The van der Waals surface area contributed by atoms with Crippen molar-refractivity contribution in [1.29, 1.82) is 0 Å². The molecule has 0 saturated carbocycles. The second-order valence-electron chi connectivity index (χ2n) is 6.52. The van der Waals surface area contributed by atoms with Crippen molar-refractivity contribution in [2.75, 3.05) is 13.1 Å². The number of urea groups is 1. The molecule has 26 heavy (non-hydrogen) atoms. The average molecular weight is 392 g/mol. The van der Waals surface area contributed by atoms with E-state index in [0.29, 0.717) is 0 Å². The van der Waals surface area contributed by atoms with Crippen LogP contribution < -0.4 is 5.32 Å². The highest BCUT2D eigenvalue weighted by Gasteiger charge is 2.53. The number of carboxylic acids is 1. The van der Waals surface area contributed by atoms with E-state index < -0.39 is 43.1 Å². The minimum absolute atomic E-state index is 0.147. The van der Waals surface area contributed by atoms with Gasteiger partial charge in [0.05, 0.1) is 17.9 Å². The number of carboxylic acid groups (broad SMARTS) is 1. The third-order valence-corrected chi connectivity index (χ3v) is 5.95. The molecular weight excluding hydrogens is 369 g/mol. The summed E-state index contributed by atoms with van der Waals surface area (Å²) in [6.07, 6.45) is -3.04.